The second-order valence-electron chi connectivity index (χ2n) is 6.28. The number of rotatable bonds is 2. The molecule has 0 fully saturated rings. The molecule has 1 aliphatic heterocycles. The minimum atomic E-state index is -0.132. The van der Waals surface area contributed by atoms with Crippen LogP contribution in [0.4, 0.5) is 17.1 Å². The smallest absolute Gasteiger partial charge is 0.257 e. The molecule has 0 saturated heterocycles. The summed E-state index contributed by atoms with van der Waals surface area (Å²) in [4.78, 5) is 18.5. The number of fused-ring (bicyclic) bond motifs is 3. The Hall–Kier alpha value is -2.95. The van der Waals surface area contributed by atoms with Crippen LogP contribution in [0.3, 0.4) is 0 Å². The van der Waals surface area contributed by atoms with Crippen LogP contribution < -0.4 is 16.0 Å². The van der Waals surface area contributed by atoms with Gasteiger partial charge in [-0.3, -0.25) is 4.79 Å². The lowest BCUT2D eigenvalue weighted by Gasteiger charge is -2.24. The van der Waals surface area contributed by atoms with Crippen molar-refractivity contribution in [3.8, 4) is 0 Å². The summed E-state index contributed by atoms with van der Waals surface area (Å²) in [7, 11) is 2.10. The van der Waals surface area contributed by atoms with E-state index in [0.29, 0.717) is 16.9 Å². The Morgan fingerprint density at radius 1 is 1.25 bits per heavy atom. The Morgan fingerprint density at radius 3 is 2.92 bits per heavy atom. The molecule has 4 N–H and O–H groups in total. The number of H-pyrrole nitrogens is 1. The number of carbonyl (C=O) groups is 1. The van der Waals surface area contributed by atoms with Gasteiger partial charge in [-0.2, -0.15) is 0 Å². The zero-order chi connectivity index (χ0) is 16.7. The average Bonchev–Trinajstić information content (AvgIpc) is 2.94. The van der Waals surface area contributed by atoms with Crippen LogP contribution >= 0.6 is 0 Å². The molecule has 4 rings (SSSR count). The summed E-state index contributed by atoms with van der Waals surface area (Å²) >= 11 is 0. The summed E-state index contributed by atoms with van der Waals surface area (Å²) in [6, 6.07) is 13.1. The van der Waals surface area contributed by atoms with E-state index in [0.717, 1.165) is 30.3 Å². The first-order chi connectivity index (χ1) is 11.6. The highest BCUT2D eigenvalue weighted by Gasteiger charge is 2.22. The quantitative estimate of drug-likeness (QED) is 0.634. The number of para-hydroxylation sites is 1. The number of carbonyl (C=O) groups excluding carboxylic acids is 1. The van der Waals surface area contributed by atoms with Gasteiger partial charge < -0.3 is 20.9 Å². The monoisotopic (exact) mass is 320 g/mol. The number of nitrogen functional groups attached to an aromatic ring is 1. The number of nitrogens with zero attached hydrogens (tertiary/aromatic N) is 1. The Balaban J connectivity index is 1.75. The van der Waals surface area contributed by atoms with E-state index >= 15 is 0 Å². The highest BCUT2D eigenvalue weighted by Crippen LogP contribution is 2.35. The minimum Gasteiger partial charge on any atom is -0.399 e. The topological polar surface area (TPSA) is 74.2 Å². The van der Waals surface area contributed by atoms with Gasteiger partial charge in [0.15, 0.2) is 0 Å². The Labute approximate surface area is 140 Å². The van der Waals surface area contributed by atoms with Crippen LogP contribution in [-0.2, 0) is 6.42 Å². The average molecular weight is 320 g/mol. The van der Waals surface area contributed by atoms with Crippen molar-refractivity contribution in [2.75, 3.05) is 29.5 Å². The maximum absolute atomic E-state index is 12.7. The van der Waals surface area contributed by atoms with Crippen molar-refractivity contribution in [2.45, 2.75) is 12.8 Å². The van der Waals surface area contributed by atoms with Crippen LogP contribution in [0.15, 0.2) is 42.5 Å². The van der Waals surface area contributed by atoms with E-state index in [4.69, 9.17) is 5.73 Å². The Bertz CT molecular complexity index is 928. The van der Waals surface area contributed by atoms with Crippen molar-refractivity contribution in [2.24, 2.45) is 0 Å². The van der Waals surface area contributed by atoms with E-state index in [1.165, 1.54) is 11.4 Å². The SMILES string of the molecule is CN1CCCc2[nH]c3c(C(=O)Nc4cccc(N)c4)cccc3c21. The minimum absolute atomic E-state index is 0.132. The van der Waals surface area contributed by atoms with Crippen LogP contribution in [0.5, 0.6) is 0 Å². The lowest BCUT2D eigenvalue weighted by atomic mass is 10.1. The van der Waals surface area contributed by atoms with E-state index < -0.39 is 0 Å². The Kier molecular flexibility index (Phi) is 3.41. The van der Waals surface area contributed by atoms with Crippen molar-refractivity contribution in [3.63, 3.8) is 0 Å². The summed E-state index contributed by atoms with van der Waals surface area (Å²) in [5.41, 5.74) is 11.1. The van der Waals surface area contributed by atoms with Gasteiger partial charge in [-0.15, -0.1) is 0 Å². The first-order valence-electron chi connectivity index (χ1n) is 8.15. The van der Waals surface area contributed by atoms with Gasteiger partial charge in [0.1, 0.15) is 0 Å². The molecule has 5 heteroatoms. The third-order valence-corrected chi connectivity index (χ3v) is 4.57. The molecule has 1 amide bonds. The summed E-state index contributed by atoms with van der Waals surface area (Å²) in [6.07, 6.45) is 2.14. The maximum Gasteiger partial charge on any atom is 0.257 e. The highest BCUT2D eigenvalue weighted by molar-refractivity contribution is 6.14. The maximum atomic E-state index is 12.7. The molecule has 1 aromatic heterocycles. The van der Waals surface area contributed by atoms with Crippen molar-refractivity contribution in [3.05, 3.63) is 53.7 Å². The number of hydrogen-bond donors (Lipinski definition) is 3. The van der Waals surface area contributed by atoms with Gasteiger partial charge in [-0.25, -0.2) is 0 Å². The summed E-state index contributed by atoms with van der Waals surface area (Å²) in [5, 5.41) is 4.03. The van der Waals surface area contributed by atoms with Crippen molar-refractivity contribution in [1.82, 2.24) is 4.98 Å². The lowest BCUT2D eigenvalue weighted by Crippen LogP contribution is -2.23. The Morgan fingerprint density at radius 2 is 2.08 bits per heavy atom. The normalized spacial score (nSPS) is 13.8. The fraction of sp³-hybridized carbons (Fsp3) is 0.211. The van der Waals surface area contributed by atoms with Crippen molar-refractivity contribution in [1.29, 1.82) is 0 Å². The second kappa shape index (κ2) is 5.60. The third-order valence-electron chi connectivity index (χ3n) is 4.57. The van der Waals surface area contributed by atoms with Gasteiger partial charge in [0, 0.05) is 36.0 Å². The van der Waals surface area contributed by atoms with E-state index in [-0.39, 0.29) is 5.91 Å². The predicted octanol–water partition coefficient (Wildman–Crippen LogP) is 3.38. The number of aromatic nitrogens is 1. The number of aromatic amines is 1. The summed E-state index contributed by atoms with van der Waals surface area (Å²) < 4.78 is 0. The molecule has 24 heavy (non-hydrogen) atoms. The van der Waals surface area contributed by atoms with Crippen molar-refractivity contribution >= 4 is 33.9 Å². The number of aryl methyl sites for hydroxylation is 1. The molecule has 1 aliphatic rings. The van der Waals surface area contributed by atoms with Gasteiger partial charge in [-0.1, -0.05) is 18.2 Å². The zero-order valence-corrected chi connectivity index (χ0v) is 13.6. The summed E-state index contributed by atoms with van der Waals surface area (Å²) in [6.45, 7) is 1.04. The molecule has 5 nitrogen and oxygen atoms in total. The molecular formula is C19H20N4O. The molecular weight excluding hydrogens is 300 g/mol. The van der Waals surface area contributed by atoms with Crippen LogP contribution in [-0.4, -0.2) is 24.5 Å². The largest absolute Gasteiger partial charge is 0.399 e. The van der Waals surface area contributed by atoms with E-state index in [1.54, 1.807) is 12.1 Å². The van der Waals surface area contributed by atoms with Crippen LogP contribution in [0.25, 0.3) is 10.9 Å². The predicted molar refractivity (Wildman–Crippen MR) is 98.7 cm³/mol. The zero-order valence-electron chi connectivity index (χ0n) is 13.6. The molecule has 3 aromatic rings. The van der Waals surface area contributed by atoms with Crippen LogP contribution in [0.2, 0.25) is 0 Å². The molecule has 122 valence electrons. The van der Waals surface area contributed by atoms with Gasteiger partial charge in [-0.05, 0) is 37.1 Å². The van der Waals surface area contributed by atoms with Crippen LogP contribution in [0, 0.1) is 0 Å². The molecule has 0 atom stereocenters. The molecule has 0 saturated carbocycles. The summed E-state index contributed by atoms with van der Waals surface area (Å²) in [5.74, 6) is -0.132. The number of amides is 1. The molecule has 0 bridgehead atoms. The first-order valence-corrected chi connectivity index (χ1v) is 8.15. The fourth-order valence-electron chi connectivity index (χ4n) is 3.48. The van der Waals surface area contributed by atoms with Gasteiger partial charge in [0.25, 0.3) is 5.91 Å². The van der Waals surface area contributed by atoms with Crippen LogP contribution in [0.1, 0.15) is 22.5 Å². The standard InChI is InChI=1S/C19H20N4O/c1-23-10-4-9-16-18(23)14-7-3-8-15(17(14)22-16)19(24)21-13-6-2-5-12(20)11-13/h2-3,5-8,11,22H,4,9-10,20H2,1H3,(H,21,24). The molecule has 2 heterocycles. The van der Waals surface area contributed by atoms with Gasteiger partial charge >= 0.3 is 0 Å². The highest BCUT2D eigenvalue weighted by atomic mass is 16.1. The van der Waals surface area contributed by atoms with E-state index in [2.05, 4.69) is 28.3 Å². The molecule has 0 spiro atoms. The molecule has 0 unspecified atom stereocenters. The number of nitrogens with one attached hydrogen (secondary N) is 2. The number of benzene rings is 2. The number of hydrogen-bond acceptors (Lipinski definition) is 3. The number of anilines is 3. The fourth-order valence-corrected chi connectivity index (χ4v) is 3.48. The lowest BCUT2D eigenvalue weighted by molar-refractivity contribution is 0.102. The third kappa shape index (κ3) is 2.38. The van der Waals surface area contributed by atoms with Gasteiger partial charge in [0.2, 0.25) is 0 Å². The molecule has 2 aromatic carbocycles. The van der Waals surface area contributed by atoms with E-state index in [1.807, 2.05) is 24.3 Å². The first kappa shape index (κ1) is 14.6. The van der Waals surface area contributed by atoms with E-state index in [9.17, 15) is 4.79 Å². The molecule has 0 aliphatic carbocycles. The van der Waals surface area contributed by atoms with Crippen molar-refractivity contribution < 1.29 is 4.79 Å². The number of nitrogens with two attached hydrogens (primary N) is 1. The molecule has 0 radical (unpaired) electrons. The second-order valence-corrected chi connectivity index (χ2v) is 6.28. The van der Waals surface area contributed by atoms with Gasteiger partial charge in [0.05, 0.1) is 16.8 Å².